The van der Waals surface area contributed by atoms with Crippen molar-refractivity contribution in [3.63, 3.8) is 0 Å². The molecule has 1 rings (SSSR count). The minimum Gasteiger partial charge on any atom is -0.453 e. The minimum atomic E-state index is -4.10. The van der Waals surface area contributed by atoms with Gasteiger partial charge in [-0.25, -0.2) is 9.36 Å². The minimum absolute atomic E-state index is 0.150. The number of carbonyl (C=O) groups is 2. The van der Waals surface area contributed by atoms with Crippen molar-refractivity contribution in [3.05, 3.63) is 29.8 Å². The number of carbonyl (C=O) groups excluding carboxylic acids is 2. The molecule has 2 atom stereocenters. The standard InChI is InChI=1S/C13H18NO7P/c1-9(15)12(14-13(16)19-2)8-10-4-6-11(7-5-10)21-22(17,18)20-3/h4-7,12H,8H2,1-3H3,(H,14,16)(H,17,18). The number of hydrogen-bond acceptors (Lipinski definition) is 6. The lowest BCUT2D eigenvalue weighted by Gasteiger charge is -2.15. The zero-order valence-electron chi connectivity index (χ0n) is 12.4. The van der Waals surface area contributed by atoms with Gasteiger partial charge >= 0.3 is 13.9 Å². The SMILES string of the molecule is COC(=O)NC(Cc1ccc(OP(=O)(O)OC)cc1)C(C)=O. The lowest BCUT2D eigenvalue weighted by atomic mass is 10.0. The summed E-state index contributed by atoms with van der Waals surface area (Å²) in [6, 6.07) is 5.43. The van der Waals surface area contributed by atoms with Crippen molar-refractivity contribution in [1.82, 2.24) is 5.32 Å². The zero-order valence-corrected chi connectivity index (χ0v) is 13.3. The smallest absolute Gasteiger partial charge is 0.453 e. The average molecular weight is 331 g/mol. The summed E-state index contributed by atoms with van der Waals surface area (Å²) < 4.78 is 24.8. The zero-order chi connectivity index (χ0) is 16.8. The van der Waals surface area contributed by atoms with E-state index in [9.17, 15) is 19.0 Å². The highest BCUT2D eigenvalue weighted by Crippen LogP contribution is 2.42. The maximum absolute atomic E-state index is 11.5. The highest BCUT2D eigenvalue weighted by atomic mass is 31.2. The van der Waals surface area contributed by atoms with Gasteiger partial charge in [0.15, 0.2) is 5.78 Å². The van der Waals surface area contributed by atoms with Gasteiger partial charge in [0.1, 0.15) is 5.75 Å². The van der Waals surface area contributed by atoms with Crippen LogP contribution in [0.1, 0.15) is 12.5 Å². The van der Waals surface area contributed by atoms with Gasteiger partial charge in [-0.2, -0.15) is 0 Å². The van der Waals surface area contributed by atoms with Crippen LogP contribution in [0.4, 0.5) is 4.79 Å². The molecule has 8 nitrogen and oxygen atoms in total. The number of nitrogens with one attached hydrogen (secondary N) is 1. The van der Waals surface area contributed by atoms with Gasteiger partial charge in [-0.05, 0) is 31.0 Å². The van der Waals surface area contributed by atoms with Gasteiger partial charge in [0.25, 0.3) is 0 Å². The molecule has 0 aliphatic carbocycles. The molecule has 0 aromatic heterocycles. The Balaban J connectivity index is 2.75. The van der Waals surface area contributed by atoms with E-state index < -0.39 is 20.0 Å². The van der Waals surface area contributed by atoms with Gasteiger partial charge in [0, 0.05) is 7.11 Å². The van der Waals surface area contributed by atoms with Gasteiger partial charge in [-0.15, -0.1) is 0 Å². The third kappa shape index (κ3) is 5.85. The molecule has 0 radical (unpaired) electrons. The summed E-state index contributed by atoms with van der Waals surface area (Å²) in [6.07, 6.45) is -0.437. The van der Waals surface area contributed by atoms with Gasteiger partial charge < -0.3 is 14.6 Å². The number of rotatable bonds is 7. The van der Waals surface area contributed by atoms with Crippen molar-refractivity contribution in [2.45, 2.75) is 19.4 Å². The predicted octanol–water partition coefficient (Wildman–Crippen LogP) is 1.67. The summed E-state index contributed by atoms with van der Waals surface area (Å²) in [7, 11) is -1.83. The molecule has 2 N–H and O–H groups in total. The van der Waals surface area contributed by atoms with E-state index in [0.29, 0.717) is 0 Å². The Morgan fingerprint density at radius 3 is 2.32 bits per heavy atom. The monoisotopic (exact) mass is 331 g/mol. The summed E-state index contributed by atoms with van der Waals surface area (Å²) in [4.78, 5) is 31.9. The number of ketones is 1. The molecule has 122 valence electrons. The van der Waals surface area contributed by atoms with Gasteiger partial charge in [-0.3, -0.25) is 14.2 Å². The van der Waals surface area contributed by atoms with Crippen molar-refractivity contribution >= 4 is 19.7 Å². The highest BCUT2D eigenvalue weighted by molar-refractivity contribution is 7.47. The lowest BCUT2D eigenvalue weighted by molar-refractivity contribution is -0.118. The number of alkyl carbamates (subject to hydrolysis) is 1. The highest BCUT2D eigenvalue weighted by Gasteiger charge is 2.21. The lowest BCUT2D eigenvalue weighted by Crippen LogP contribution is -2.41. The van der Waals surface area contributed by atoms with E-state index in [2.05, 4.69) is 14.6 Å². The van der Waals surface area contributed by atoms with Crippen molar-refractivity contribution < 1.29 is 32.8 Å². The first-order valence-electron chi connectivity index (χ1n) is 6.29. The summed E-state index contributed by atoms with van der Waals surface area (Å²) in [6.45, 7) is 1.36. The summed E-state index contributed by atoms with van der Waals surface area (Å²) in [5.41, 5.74) is 0.731. The number of phosphoric acid groups is 1. The maximum Gasteiger partial charge on any atom is 0.527 e. The Kier molecular flexibility index (Phi) is 6.55. The Labute approximate surface area is 128 Å². The predicted molar refractivity (Wildman–Crippen MR) is 77.6 cm³/mol. The first-order valence-corrected chi connectivity index (χ1v) is 7.79. The molecule has 0 bridgehead atoms. The number of hydrogen-bond donors (Lipinski definition) is 2. The van der Waals surface area contributed by atoms with Crippen LogP contribution in [0.25, 0.3) is 0 Å². The number of phosphoric ester groups is 1. The number of methoxy groups -OCH3 is 1. The molecule has 0 spiro atoms. The van der Waals surface area contributed by atoms with Crippen molar-refractivity contribution in [1.29, 1.82) is 0 Å². The Morgan fingerprint density at radius 1 is 1.27 bits per heavy atom. The molecule has 9 heteroatoms. The second kappa shape index (κ2) is 7.93. The molecular formula is C13H18NO7P. The van der Waals surface area contributed by atoms with E-state index in [0.717, 1.165) is 12.7 Å². The second-order valence-corrected chi connectivity index (χ2v) is 5.87. The quantitative estimate of drug-likeness (QED) is 0.731. The Morgan fingerprint density at radius 2 is 1.86 bits per heavy atom. The van der Waals surface area contributed by atoms with Gasteiger partial charge in [0.2, 0.25) is 0 Å². The number of Topliss-reactive ketones (excluding diaryl/α,β-unsaturated/α-hetero) is 1. The van der Waals surface area contributed by atoms with Gasteiger partial charge in [0.05, 0.1) is 13.2 Å². The topological polar surface area (TPSA) is 111 Å². The molecule has 0 saturated carbocycles. The summed E-state index contributed by atoms with van der Waals surface area (Å²) >= 11 is 0. The average Bonchev–Trinajstić information content (AvgIpc) is 2.47. The van der Waals surface area contributed by atoms with Crippen LogP contribution in [0.15, 0.2) is 24.3 Å². The van der Waals surface area contributed by atoms with Crippen LogP contribution in [-0.4, -0.2) is 37.0 Å². The van der Waals surface area contributed by atoms with E-state index in [1.807, 2.05) is 0 Å². The molecule has 0 aliphatic heterocycles. The molecule has 1 aromatic rings. The molecule has 0 heterocycles. The molecule has 22 heavy (non-hydrogen) atoms. The van der Waals surface area contributed by atoms with Crippen LogP contribution in [0.2, 0.25) is 0 Å². The molecule has 1 amide bonds. The van der Waals surface area contributed by atoms with E-state index in [1.54, 1.807) is 12.1 Å². The van der Waals surface area contributed by atoms with Crippen LogP contribution in [0.3, 0.4) is 0 Å². The summed E-state index contributed by atoms with van der Waals surface area (Å²) in [5.74, 6) is -0.0679. The van der Waals surface area contributed by atoms with Gasteiger partial charge in [-0.1, -0.05) is 12.1 Å². The first-order chi connectivity index (χ1) is 10.3. The first kappa shape index (κ1) is 18.2. The van der Waals surface area contributed by atoms with Crippen LogP contribution < -0.4 is 9.84 Å². The Hall–Kier alpha value is -1.89. The fourth-order valence-electron chi connectivity index (χ4n) is 1.59. The van der Waals surface area contributed by atoms with E-state index in [-0.39, 0.29) is 18.0 Å². The van der Waals surface area contributed by atoms with E-state index >= 15 is 0 Å². The van der Waals surface area contributed by atoms with Crippen molar-refractivity contribution in [2.75, 3.05) is 14.2 Å². The third-order valence-electron chi connectivity index (χ3n) is 2.78. The maximum atomic E-state index is 11.5. The largest absolute Gasteiger partial charge is 0.527 e. The molecule has 2 unspecified atom stereocenters. The molecular weight excluding hydrogens is 313 g/mol. The molecule has 1 aromatic carbocycles. The summed E-state index contributed by atoms with van der Waals surface area (Å²) in [5, 5.41) is 2.43. The van der Waals surface area contributed by atoms with Crippen LogP contribution >= 0.6 is 7.82 Å². The number of benzene rings is 1. The molecule has 0 saturated heterocycles. The van der Waals surface area contributed by atoms with Crippen LogP contribution in [-0.2, 0) is 25.0 Å². The molecule has 0 fully saturated rings. The second-order valence-electron chi connectivity index (χ2n) is 4.39. The van der Waals surface area contributed by atoms with Crippen molar-refractivity contribution in [2.24, 2.45) is 0 Å². The molecule has 0 aliphatic rings. The van der Waals surface area contributed by atoms with E-state index in [4.69, 9.17) is 4.52 Å². The Bertz CT molecular complexity index is 572. The van der Waals surface area contributed by atoms with Crippen molar-refractivity contribution in [3.8, 4) is 5.75 Å². The van der Waals surface area contributed by atoms with E-state index in [1.165, 1.54) is 26.2 Å². The van der Waals surface area contributed by atoms with Crippen LogP contribution in [0.5, 0.6) is 5.75 Å². The fourth-order valence-corrected chi connectivity index (χ4v) is 2.05. The van der Waals surface area contributed by atoms with Crippen LogP contribution in [0, 0.1) is 0 Å². The number of amides is 1. The normalized spacial score (nSPS) is 14.5. The fraction of sp³-hybridized carbons (Fsp3) is 0.385. The third-order valence-corrected chi connectivity index (χ3v) is 3.69. The number of ether oxygens (including phenoxy) is 1.